The van der Waals surface area contributed by atoms with Gasteiger partial charge < -0.3 is 43.2 Å². The molecule has 2 saturated heterocycles. The minimum absolute atomic E-state index is 0.0209. The number of methoxy groups -OCH3 is 3. The van der Waals surface area contributed by atoms with Crippen LogP contribution in [-0.4, -0.2) is 135 Å². The van der Waals surface area contributed by atoms with Crippen molar-refractivity contribution < 1.29 is 62.3 Å². The molecule has 3 aliphatic heterocycles. The van der Waals surface area contributed by atoms with Crippen LogP contribution < -0.4 is 0 Å². The molecule has 1 saturated carbocycles. The highest BCUT2D eigenvalue weighted by molar-refractivity contribution is 6.74. The summed E-state index contributed by atoms with van der Waals surface area (Å²) in [5.41, 5.74) is 1.29. The summed E-state index contributed by atoms with van der Waals surface area (Å²) in [5.74, 6) is -7.77. The minimum Gasteiger partial charge on any atom is -0.460 e. The number of hydrogen-bond acceptors (Lipinski definition) is 13. The molecule has 4 rings (SSSR count). The van der Waals surface area contributed by atoms with Crippen LogP contribution in [0, 0.1) is 35.5 Å². The number of ketones is 3. The summed E-state index contributed by atoms with van der Waals surface area (Å²) < 4.78 is 37.0. The highest BCUT2D eigenvalue weighted by atomic mass is 28.4. The Morgan fingerprint density at radius 2 is 1.54 bits per heavy atom. The first-order valence-electron chi connectivity index (χ1n) is 26.9. The summed E-state index contributed by atoms with van der Waals surface area (Å²) in [6.45, 7) is 24.1. The lowest BCUT2D eigenvalue weighted by molar-refractivity contribution is -0.265. The third-order valence-electron chi connectivity index (χ3n) is 16.7. The molecule has 0 spiro atoms. The molecule has 3 heterocycles. The van der Waals surface area contributed by atoms with Crippen molar-refractivity contribution in [1.82, 2.24) is 4.90 Å². The lowest BCUT2D eigenvalue weighted by atomic mass is 9.78. The summed E-state index contributed by atoms with van der Waals surface area (Å²) in [5, 5.41) is 23.6. The van der Waals surface area contributed by atoms with Gasteiger partial charge in [-0.25, -0.2) is 4.79 Å². The molecule has 14 nitrogen and oxygen atoms in total. The van der Waals surface area contributed by atoms with Crippen LogP contribution >= 0.6 is 0 Å². The van der Waals surface area contributed by atoms with E-state index in [0.717, 1.165) is 24.8 Å². The average Bonchev–Trinajstić information content (AvgIpc) is 3.32. The van der Waals surface area contributed by atoms with Gasteiger partial charge >= 0.3 is 5.97 Å². The Labute approximate surface area is 433 Å². The van der Waals surface area contributed by atoms with Crippen LogP contribution in [0.25, 0.3) is 0 Å². The first-order valence-corrected chi connectivity index (χ1v) is 29.8. The Kier molecular flexibility index (Phi) is 23.1. The predicted molar refractivity (Wildman–Crippen MR) is 281 cm³/mol. The molecule has 4 aliphatic rings. The second-order valence-electron chi connectivity index (χ2n) is 23.4. The van der Waals surface area contributed by atoms with E-state index in [2.05, 4.69) is 33.9 Å². The number of aliphatic hydroxyl groups is 2. The first kappa shape index (κ1) is 61.4. The van der Waals surface area contributed by atoms with Gasteiger partial charge in [-0.1, -0.05) is 91.8 Å². The van der Waals surface area contributed by atoms with Crippen LogP contribution in [0.5, 0.6) is 0 Å². The van der Waals surface area contributed by atoms with Gasteiger partial charge in [-0.2, -0.15) is 0 Å². The normalized spacial score (nSPS) is 35.8. The third-order valence-corrected chi connectivity index (χ3v) is 21.2. The fourth-order valence-corrected chi connectivity index (χ4v) is 12.2. The fourth-order valence-electron chi connectivity index (χ4n) is 10.8. The van der Waals surface area contributed by atoms with Gasteiger partial charge in [0.1, 0.15) is 30.1 Å². The Morgan fingerprint density at radius 1 is 0.847 bits per heavy atom. The SMILES string of the molecule is CO[C@H]1CC2CC[C@@H](C)[C@@](O)(O2)C(=O)C(=O)N2CCCCC2C(=O)O[C@H]([C@H](C)C[C@@H]2CC[C@@H](O[Si](C)(C)C(C)(C)C)[C@H](OC)C2)CC(=O)[C@H](C)C=C(C)[C@@H](O)[C@@H](OC)C(=O)[C@H](C)C[C@H](C)C=CC=CC=C1C. The maximum Gasteiger partial charge on any atom is 0.329 e. The van der Waals surface area contributed by atoms with E-state index in [1.54, 1.807) is 41.1 Å². The number of Topliss-reactive ketones (excluding diaryl/α,β-unsaturated/α-hetero) is 3. The number of nitrogens with zero attached hydrogens (tertiary/aromatic N) is 1. The minimum atomic E-state index is -2.43. The van der Waals surface area contributed by atoms with Crippen LogP contribution in [0.3, 0.4) is 0 Å². The van der Waals surface area contributed by atoms with E-state index in [1.165, 1.54) is 12.0 Å². The molecule has 0 aromatic rings. The number of hydrogen-bond donors (Lipinski definition) is 2. The molecular formula is C57H93NO13Si. The number of esters is 1. The lowest BCUT2D eigenvalue weighted by Crippen LogP contribution is -2.61. The van der Waals surface area contributed by atoms with Crippen molar-refractivity contribution in [1.29, 1.82) is 0 Å². The zero-order valence-corrected chi connectivity index (χ0v) is 47.6. The van der Waals surface area contributed by atoms with Gasteiger partial charge in [0.25, 0.3) is 11.7 Å². The van der Waals surface area contributed by atoms with Crippen molar-refractivity contribution in [3.63, 3.8) is 0 Å². The second-order valence-corrected chi connectivity index (χ2v) is 28.2. The number of cyclic esters (lactones) is 1. The molecular weight excluding hydrogens is 935 g/mol. The van der Waals surface area contributed by atoms with Gasteiger partial charge in [-0.15, -0.1) is 0 Å². The fraction of sp³-hybridized carbons (Fsp3) is 0.772. The van der Waals surface area contributed by atoms with E-state index in [9.17, 15) is 34.2 Å². The molecule has 15 heteroatoms. The molecule has 408 valence electrons. The molecule has 3 fully saturated rings. The standard InChI is InChI=1S/C57H93NO13Si/c1-35-21-17-16-18-22-36(2)47(66-11)33-43-26-24-41(7)57(65,70-43)53(62)54(63)58-28-20-19-23-44(58)55(64)69-48(34-45(59)37(3)30-40(6)51(61)52(68-13)50(60)39(5)29-35)38(4)31-42-25-27-46(49(32-42)67-12)71-72(14,15)56(8,9)10/h16-18,21-22,30,35,37-39,41-44,46-49,51-52,61,65H,19-20,23-29,31-34H2,1-15H3/t35-,37-,38-,39-,41-,42+,43?,44?,46-,47+,48+,49-,51-,52+,57-/m1/s1. The monoisotopic (exact) mass is 1030 g/mol. The van der Waals surface area contributed by atoms with Gasteiger partial charge in [0, 0.05) is 58.5 Å². The lowest BCUT2D eigenvalue weighted by Gasteiger charge is -2.44. The number of carbonyl (C=O) groups is 5. The number of fused-ring (bicyclic) bond motifs is 3. The van der Waals surface area contributed by atoms with Crippen molar-refractivity contribution in [3.8, 4) is 0 Å². The molecule has 1 aliphatic carbocycles. The zero-order valence-electron chi connectivity index (χ0n) is 46.6. The average molecular weight is 1030 g/mol. The smallest absolute Gasteiger partial charge is 0.329 e. The molecule has 15 atom stereocenters. The molecule has 72 heavy (non-hydrogen) atoms. The molecule has 2 unspecified atom stereocenters. The topological polar surface area (TPSA) is 184 Å². The molecule has 2 bridgehead atoms. The summed E-state index contributed by atoms with van der Waals surface area (Å²) in [6.07, 6.45) is 12.7. The van der Waals surface area contributed by atoms with E-state index in [1.807, 2.05) is 58.1 Å². The predicted octanol–water partition coefficient (Wildman–Crippen LogP) is 9.21. The van der Waals surface area contributed by atoms with E-state index < -0.39 is 86.1 Å². The van der Waals surface area contributed by atoms with Crippen molar-refractivity contribution in [3.05, 3.63) is 47.6 Å². The van der Waals surface area contributed by atoms with Gasteiger partial charge in [0.2, 0.25) is 5.79 Å². The van der Waals surface area contributed by atoms with Crippen LogP contribution in [0.4, 0.5) is 0 Å². The first-order chi connectivity index (χ1) is 33.7. The number of aliphatic hydroxyl groups excluding tert-OH is 1. The highest BCUT2D eigenvalue weighted by Gasteiger charge is 2.53. The molecule has 0 aromatic heterocycles. The van der Waals surface area contributed by atoms with Crippen molar-refractivity contribution in [2.75, 3.05) is 27.9 Å². The van der Waals surface area contributed by atoms with Crippen molar-refractivity contribution in [2.24, 2.45) is 35.5 Å². The Hall–Kier alpha value is -3.15. The molecule has 1 amide bonds. The van der Waals surface area contributed by atoms with Crippen molar-refractivity contribution >= 4 is 37.5 Å². The van der Waals surface area contributed by atoms with Crippen LogP contribution in [0.1, 0.15) is 146 Å². The number of piperidine rings is 1. The Bertz CT molecular complexity index is 1970. The summed E-state index contributed by atoms with van der Waals surface area (Å²) in [7, 11) is 2.61. The van der Waals surface area contributed by atoms with Crippen LogP contribution in [-0.2, 0) is 52.1 Å². The largest absolute Gasteiger partial charge is 0.460 e. The van der Waals surface area contributed by atoms with Crippen molar-refractivity contribution in [2.45, 2.75) is 219 Å². The number of rotatable bonds is 8. The quantitative estimate of drug-likeness (QED) is 0.102. The third kappa shape index (κ3) is 15.9. The van der Waals surface area contributed by atoms with Gasteiger partial charge in [-0.05, 0) is 125 Å². The number of amides is 1. The highest BCUT2D eigenvalue weighted by Crippen LogP contribution is 2.42. The van der Waals surface area contributed by atoms with Crippen LogP contribution in [0.2, 0.25) is 18.1 Å². The summed E-state index contributed by atoms with van der Waals surface area (Å²) >= 11 is 0. The summed E-state index contributed by atoms with van der Waals surface area (Å²) in [4.78, 5) is 72.7. The van der Waals surface area contributed by atoms with Gasteiger partial charge in [0.15, 0.2) is 14.1 Å². The number of carbonyl (C=O) groups excluding carboxylic acids is 5. The van der Waals surface area contributed by atoms with Crippen LogP contribution in [0.15, 0.2) is 47.6 Å². The molecule has 0 radical (unpaired) electrons. The molecule has 2 N–H and O–H groups in total. The van der Waals surface area contributed by atoms with E-state index in [-0.39, 0.29) is 66.0 Å². The van der Waals surface area contributed by atoms with E-state index in [0.29, 0.717) is 50.5 Å². The van der Waals surface area contributed by atoms with Gasteiger partial charge in [0.05, 0.1) is 24.4 Å². The number of ether oxygens (including phenoxy) is 5. The molecule has 0 aromatic carbocycles. The Morgan fingerprint density at radius 3 is 2.18 bits per heavy atom. The second kappa shape index (κ2) is 27.1. The zero-order chi connectivity index (χ0) is 53.9. The maximum absolute atomic E-state index is 14.6. The van der Waals surface area contributed by atoms with E-state index in [4.69, 9.17) is 28.1 Å². The number of allylic oxidation sites excluding steroid dienone is 6. The summed E-state index contributed by atoms with van der Waals surface area (Å²) in [6, 6.07) is -1.13. The maximum atomic E-state index is 14.6. The van der Waals surface area contributed by atoms with Gasteiger partial charge in [-0.3, -0.25) is 19.2 Å². The van der Waals surface area contributed by atoms with E-state index >= 15 is 0 Å². The Balaban J connectivity index is 1.70.